The van der Waals surface area contributed by atoms with Crippen molar-refractivity contribution in [2.45, 2.75) is 39.2 Å². The number of hydrogen-bond donors (Lipinski definition) is 0. The van der Waals surface area contributed by atoms with Crippen LogP contribution in [0.1, 0.15) is 33.6 Å². The summed E-state index contributed by atoms with van der Waals surface area (Å²) in [5.41, 5.74) is 1.13. The maximum atomic E-state index is 11.8. The van der Waals surface area contributed by atoms with E-state index in [1.54, 1.807) is 4.90 Å². The molecule has 0 bridgehead atoms. The van der Waals surface area contributed by atoms with Gasteiger partial charge < -0.3 is 14.6 Å². The topological polar surface area (TPSA) is 45.1 Å². The van der Waals surface area contributed by atoms with E-state index >= 15 is 0 Å². The Labute approximate surface area is 109 Å². The summed E-state index contributed by atoms with van der Waals surface area (Å²) in [6.45, 7) is 7.31. The van der Waals surface area contributed by atoms with Gasteiger partial charge in [-0.1, -0.05) is 0 Å². The van der Waals surface area contributed by atoms with Gasteiger partial charge in [-0.25, -0.2) is 4.79 Å². The lowest BCUT2D eigenvalue weighted by molar-refractivity contribution is -0.0390. The van der Waals surface area contributed by atoms with E-state index in [9.17, 15) is 4.79 Å². The van der Waals surface area contributed by atoms with Crippen molar-refractivity contribution in [3.63, 3.8) is 0 Å². The van der Waals surface area contributed by atoms with E-state index in [2.05, 4.69) is 5.10 Å². The molecule has 0 radical (unpaired) electrons. The first-order valence-corrected chi connectivity index (χ1v) is 6.41. The molecule has 0 atom stereocenters. The molecule has 5 nitrogen and oxygen atoms in total. The molecule has 2 rings (SSSR count). The number of nitrogens with zero attached hydrogens (tertiary/aromatic N) is 3. The molecule has 1 amide bonds. The van der Waals surface area contributed by atoms with E-state index in [0.717, 1.165) is 25.9 Å². The van der Waals surface area contributed by atoms with Crippen LogP contribution in [0.2, 0.25) is 0 Å². The predicted octanol–water partition coefficient (Wildman–Crippen LogP) is 1.93. The van der Waals surface area contributed by atoms with Crippen LogP contribution >= 0.6 is 0 Å². The van der Waals surface area contributed by atoms with Crippen molar-refractivity contribution in [2.24, 2.45) is 10.5 Å². The van der Waals surface area contributed by atoms with Crippen LogP contribution in [0.3, 0.4) is 0 Å². The van der Waals surface area contributed by atoms with Crippen LogP contribution in [0, 0.1) is 5.41 Å². The molecule has 1 saturated heterocycles. The molecular formula is C13H23N3O2. The van der Waals surface area contributed by atoms with Gasteiger partial charge in [0, 0.05) is 38.3 Å². The Bertz CT molecular complexity index is 366. The van der Waals surface area contributed by atoms with Crippen molar-refractivity contribution >= 4 is 11.8 Å². The number of likely N-dealkylation sites (tertiary alicyclic amines) is 1. The molecule has 18 heavy (non-hydrogen) atoms. The minimum atomic E-state index is -0.406. The summed E-state index contributed by atoms with van der Waals surface area (Å²) >= 11 is 0. The van der Waals surface area contributed by atoms with Crippen LogP contribution in [0.5, 0.6) is 0 Å². The molecule has 2 fully saturated rings. The highest BCUT2D eigenvalue weighted by Crippen LogP contribution is 2.47. The molecule has 5 heteroatoms. The smallest absolute Gasteiger partial charge is 0.410 e. The molecule has 0 aromatic heterocycles. The third-order valence-corrected chi connectivity index (χ3v) is 3.20. The first-order chi connectivity index (χ1) is 8.19. The molecule has 1 aliphatic heterocycles. The largest absolute Gasteiger partial charge is 0.444 e. The zero-order valence-electron chi connectivity index (χ0n) is 12.0. The molecule has 0 N–H and O–H groups in total. The quantitative estimate of drug-likeness (QED) is 0.671. The molecule has 0 aromatic rings. The molecule has 102 valence electrons. The lowest BCUT2D eigenvalue weighted by Gasteiger charge is -2.55. The van der Waals surface area contributed by atoms with Crippen LogP contribution in [0.15, 0.2) is 5.10 Å². The van der Waals surface area contributed by atoms with Crippen molar-refractivity contribution < 1.29 is 9.53 Å². The highest BCUT2D eigenvalue weighted by Gasteiger charge is 2.53. The van der Waals surface area contributed by atoms with Crippen LogP contribution < -0.4 is 0 Å². The van der Waals surface area contributed by atoms with Gasteiger partial charge in [-0.3, -0.25) is 0 Å². The van der Waals surface area contributed by atoms with E-state index < -0.39 is 5.60 Å². The van der Waals surface area contributed by atoms with Crippen molar-refractivity contribution in [2.75, 3.05) is 27.2 Å². The summed E-state index contributed by atoms with van der Waals surface area (Å²) in [6.07, 6.45) is 1.85. The Morgan fingerprint density at radius 3 is 2.33 bits per heavy atom. The number of rotatable bonds is 1. The summed E-state index contributed by atoms with van der Waals surface area (Å²) in [6, 6.07) is 0. The van der Waals surface area contributed by atoms with Gasteiger partial charge in [0.1, 0.15) is 5.60 Å². The molecule has 1 saturated carbocycles. The van der Waals surface area contributed by atoms with Gasteiger partial charge >= 0.3 is 6.09 Å². The van der Waals surface area contributed by atoms with E-state index in [0.29, 0.717) is 5.41 Å². The number of hydrogen-bond acceptors (Lipinski definition) is 4. The Hall–Kier alpha value is -1.26. The first-order valence-electron chi connectivity index (χ1n) is 6.41. The molecular weight excluding hydrogens is 230 g/mol. The lowest BCUT2D eigenvalue weighted by atomic mass is 9.62. The van der Waals surface area contributed by atoms with Crippen molar-refractivity contribution in [1.29, 1.82) is 0 Å². The fourth-order valence-electron chi connectivity index (χ4n) is 2.61. The summed E-state index contributed by atoms with van der Waals surface area (Å²) in [5.74, 6) is 0. The summed E-state index contributed by atoms with van der Waals surface area (Å²) in [7, 11) is 3.87. The van der Waals surface area contributed by atoms with Crippen molar-refractivity contribution in [1.82, 2.24) is 9.91 Å². The molecule has 0 unspecified atom stereocenters. The average molecular weight is 253 g/mol. The van der Waals surface area contributed by atoms with Crippen LogP contribution in [0.25, 0.3) is 0 Å². The number of carbonyl (C=O) groups is 1. The molecule has 1 spiro atoms. The number of ether oxygens (including phenoxy) is 1. The van der Waals surface area contributed by atoms with E-state index in [1.165, 1.54) is 5.71 Å². The molecule has 0 aromatic carbocycles. The summed E-state index contributed by atoms with van der Waals surface area (Å²) in [4.78, 5) is 13.6. The zero-order valence-corrected chi connectivity index (χ0v) is 12.0. The van der Waals surface area contributed by atoms with Gasteiger partial charge in [0.25, 0.3) is 0 Å². The van der Waals surface area contributed by atoms with Gasteiger partial charge in [0.2, 0.25) is 0 Å². The van der Waals surface area contributed by atoms with Gasteiger partial charge in [0.15, 0.2) is 0 Å². The zero-order chi connectivity index (χ0) is 13.6. The second-order valence-corrected chi connectivity index (χ2v) is 6.70. The third kappa shape index (κ3) is 2.76. The van der Waals surface area contributed by atoms with Crippen LogP contribution in [-0.2, 0) is 4.74 Å². The molecule has 1 aliphatic carbocycles. The average Bonchev–Trinajstić information content (AvgIpc) is 2.02. The monoisotopic (exact) mass is 253 g/mol. The van der Waals surface area contributed by atoms with E-state index in [1.807, 2.05) is 39.9 Å². The Balaban J connectivity index is 1.77. The fraction of sp³-hybridized carbons (Fsp3) is 0.846. The first kappa shape index (κ1) is 13.2. The van der Waals surface area contributed by atoms with Crippen LogP contribution in [-0.4, -0.2) is 54.5 Å². The number of amides is 1. The molecule has 2 aliphatic rings. The maximum absolute atomic E-state index is 11.8. The molecule has 1 heterocycles. The van der Waals surface area contributed by atoms with Gasteiger partial charge in [-0.05, 0) is 33.6 Å². The highest BCUT2D eigenvalue weighted by molar-refractivity contribution is 5.92. The fourth-order valence-corrected chi connectivity index (χ4v) is 2.61. The van der Waals surface area contributed by atoms with Crippen molar-refractivity contribution in [3.8, 4) is 0 Å². The Morgan fingerprint density at radius 2 is 1.89 bits per heavy atom. The van der Waals surface area contributed by atoms with Gasteiger partial charge in [-0.15, -0.1) is 0 Å². The Morgan fingerprint density at radius 1 is 1.33 bits per heavy atom. The summed E-state index contributed by atoms with van der Waals surface area (Å²) in [5, 5.41) is 6.24. The standard InChI is InChI=1S/C13H23N3O2/c1-12(2,3)18-11(17)16-8-13(9-16)6-10(7-13)14-15(4)5/h6-9H2,1-5H3. The van der Waals surface area contributed by atoms with E-state index in [4.69, 9.17) is 4.74 Å². The highest BCUT2D eigenvalue weighted by atomic mass is 16.6. The number of carbonyl (C=O) groups excluding carboxylic acids is 1. The van der Waals surface area contributed by atoms with E-state index in [-0.39, 0.29) is 6.09 Å². The maximum Gasteiger partial charge on any atom is 0.410 e. The minimum absolute atomic E-state index is 0.189. The normalized spacial score (nSPS) is 21.2. The Kier molecular flexibility index (Phi) is 3.03. The second kappa shape index (κ2) is 4.14. The minimum Gasteiger partial charge on any atom is -0.444 e. The predicted molar refractivity (Wildman–Crippen MR) is 70.6 cm³/mol. The number of hydrazone groups is 1. The second-order valence-electron chi connectivity index (χ2n) is 6.70. The van der Waals surface area contributed by atoms with Gasteiger partial charge in [-0.2, -0.15) is 5.10 Å². The summed E-state index contributed by atoms with van der Waals surface area (Å²) < 4.78 is 5.34. The lowest BCUT2D eigenvalue weighted by Crippen LogP contribution is -2.64. The van der Waals surface area contributed by atoms with Gasteiger partial charge in [0.05, 0.1) is 0 Å². The SMILES string of the molecule is CN(C)N=C1CC2(C1)CN(C(=O)OC(C)(C)C)C2. The van der Waals surface area contributed by atoms with Crippen molar-refractivity contribution in [3.05, 3.63) is 0 Å². The third-order valence-electron chi connectivity index (χ3n) is 3.20. The van der Waals surface area contributed by atoms with Crippen LogP contribution in [0.4, 0.5) is 4.79 Å².